The number of rotatable bonds is 6. The standard InChI is InChI=1S/C12H16ClN3O4/c1-8(15(2)5-6-17)12(18)14-11-4-3-9(16(19)20)7-10(11)13/h3-4,7-8,17H,5-6H2,1-2H3,(H,14,18). The zero-order chi connectivity index (χ0) is 15.3. The Morgan fingerprint density at radius 3 is 2.75 bits per heavy atom. The number of non-ortho nitro benzene ring substituents is 1. The van der Waals surface area contributed by atoms with E-state index in [9.17, 15) is 14.9 Å². The molecule has 0 saturated heterocycles. The van der Waals surface area contributed by atoms with E-state index < -0.39 is 11.0 Å². The van der Waals surface area contributed by atoms with Crippen molar-refractivity contribution in [1.82, 2.24) is 4.90 Å². The first kappa shape index (κ1) is 16.4. The van der Waals surface area contributed by atoms with Gasteiger partial charge in [0.05, 0.1) is 28.3 Å². The van der Waals surface area contributed by atoms with Gasteiger partial charge >= 0.3 is 0 Å². The van der Waals surface area contributed by atoms with Crippen LogP contribution < -0.4 is 5.32 Å². The first-order valence-electron chi connectivity index (χ1n) is 5.92. The monoisotopic (exact) mass is 301 g/mol. The fraction of sp³-hybridized carbons (Fsp3) is 0.417. The molecule has 0 aromatic heterocycles. The van der Waals surface area contributed by atoms with Crippen molar-refractivity contribution in [1.29, 1.82) is 0 Å². The van der Waals surface area contributed by atoms with Crippen LogP contribution in [-0.4, -0.2) is 47.1 Å². The summed E-state index contributed by atoms with van der Waals surface area (Å²) in [5.41, 5.74) is 0.171. The van der Waals surface area contributed by atoms with Gasteiger partial charge in [0.15, 0.2) is 0 Å². The van der Waals surface area contributed by atoms with Crippen LogP contribution >= 0.6 is 11.6 Å². The van der Waals surface area contributed by atoms with E-state index in [4.69, 9.17) is 16.7 Å². The number of benzene rings is 1. The minimum atomic E-state index is -0.560. The number of nitrogens with zero attached hydrogens (tertiary/aromatic N) is 2. The molecule has 0 aliphatic heterocycles. The summed E-state index contributed by atoms with van der Waals surface area (Å²) in [6.07, 6.45) is 0. The second kappa shape index (κ2) is 7.18. The quantitative estimate of drug-likeness (QED) is 0.613. The zero-order valence-electron chi connectivity index (χ0n) is 11.2. The largest absolute Gasteiger partial charge is 0.395 e. The second-order valence-electron chi connectivity index (χ2n) is 4.29. The summed E-state index contributed by atoms with van der Waals surface area (Å²) in [4.78, 5) is 23.7. The van der Waals surface area contributed by atoms with Gasteiger partial charge in [-0.2, -0.15) is 0 Å². The number of nitrogens with one attached hydrogen (secondary N) is 1. The number of nitro groups is 1. The number of likely N-dealkylation sites (N-methyl/N-ethyl adjacent to an activating group) is 1. The third-order valence-corrected chi connectivity index (χ3v) is 3.23. The first-order valence-corrected chi connectivity index (χ1v) is 6.30. The van der Waals surface area contributed by atoms with Gasteiger partial charge < -0.3 is 10.4 Å². The van der Waals surface area contributed by atoms with Gasteiger partial charge in [0.1, 0.15) is 0 Å². The van der Waals surface area contributed by atoms with Gasteiger partial charge in [-0.05, 0) is 20.0 Å². The molecule has 1 unspecified atom stereocenters. The molecule has 20 heavy (non-hydrogen) atoms. The Morgan fingerprint density at radius 1 is 1.60 bits per heavy atom. The number of anilines is 1. The summed E-state index contributed by atoms with van der Waals surface area (Å²) in [5, 5.41) is 22.1. The molecule has 1 aromatic rings. The van der Waals surface area contributed by atoms with E-state index in [0.29, 0.717) is 12.2 Å². The maximum Gasteiger partial charge on any atom is 0.271 e. The summed E-state index contributed by atoms with van der Waals surface area (Å²) in [6.45, 7) is 2.00. The SMILES string of the molecule is CC(C(=O)Nc1ccc([N+](=O)[O-])cc1Cl)N(C)CCO. The highest BCUT2D eigenvalue weighted by atomic mass is 35.5. The van der Waals surface area contributed by atoms with Crippen molar-refractivity contribution in [3.05, 3.63) is 33.3 Å². The van der Waals surface area contributed by atoms with Crippen LogP contribution in [0.5, 0.6) is 0 Å². The topological polar surface area (TPSA) is 95.7 Å². The van der Waals surface area contributed by atoms with Gasteiger partial charge in [0.2, 0.25) is 5.91 Å². The van der Waals surface area contributed by atoms with Crippen LogP contribution in [0, 0.1) is 10.1 Å². The molecule has 0 aliphatic rings. The maximum atomic E-state index is 12.0. The van der Waals surface area contributed by atoms with Crippen molar-refractivity contribution in [2.24, 2.45) is 0 Å². The van der Waals surface area contributed by atoms with Gasteiger partial charge in [0.25, 0.3) is 5.69 Å². The van der Waals surface area contributed by atoms with E-state index in [2.05, 4.69) is 5.32 Å². The highest BCUT2D eigenvalue weighted by Gasteiger charge is 2.19. The van der Waals surface area contributed by atoms with Crippen LogP contribution in [0.3, 0.4) is 0 Å². The third kappa shape index (κ3) is 4.16. The van der Waals surface area contributed by atoms with Crippen LogP contribution in [0.4, 0.5) is 11.4 Å². The van der Waals surface area contributed by atoms with Crippen molar-refractivity contribution in [2.75, 3.05) is 25.5 Å². The molecule has 0 heterocycles. The fourth-order valence-electron chi connectivity index (χ4n) is 1.51. The Balaban J connectivity index is 2.78. The molecule has 1 atom stereocenters. The van der Waals surface area contributed by atoms with Crippen LogP contribution in [0.2, 0.25) is 5.02 Å². The highest BCUT2D eigenvalue weighted by Crippen LogP contribution is 2.26. The minimum absolute atomic E-state index is 0.0492. The average Bonchev–Trinajstić information content (AvgIpc) is 2.40. The van der Waals surface area contributed by atoms with E-state index >= 15 is 0 Å². The Hall–Kier alpha value is -1.70. The molecule has 7 nitrogen and oxygen atoms in total. The summed E-state index contributed by atoms with van der Waals surface area (Å²) in [7, 11) is 1.71. The lowest BCUT2D eigenvalue weighted by atomic mass is 10.2. The number of amides is 1. The predicted molar refractivity (Wildman–Crippen MR) is 75.9 cm³/mol. The molecular weight excluding hydrogens is 286 g/mol. The van der Waals surface area contributed by atoms with Crippen molar-refractivity contribution in [3.8, 4) is 0 Å². The summed E-state index contributed by atoms with van der Waals surface area (Å²) >= 11 is 5.89. The lowest BCUT2D eigenvalue weighted by molar-refractivity contribution is -0.384. The molecule has 0 saturated carbocycles. The lowest BCUT2D eigenvalue weighted by Gasteiger charge is -2.23. The van der Waals surface area contributed by atoms with Gasteiger partial charge in [-0.3, -0.25) is 19.8 Å². The number of aliphatic hydroxyl groups excluding tert-OH is 1. The molecule has 0 bridgehead atoms. The first-order chi connectivity index (χ1) is 9.36. The molecule has 1 rings (SSSR count). The van der Waals surface area contributed by atoms with Gasteiger partial charge in [0, 0.05) is 18.7 Å². The molecule has 8 heteroatoms. The zero-order valence-corrected chi connectivity index (χ0v) is 11.9. The lowest BCUT2D eigenvalue weighted by Crippen LogP contribution is -2.40. The molecule has 0 spiro atoms. The normalized spacial score (nSPS) is 12.2. The number of hydrogen-bond donors (Lipinski definition) is 2. The van der Waals surface area contributed by atoms with Crippen LogP contribution in [-0.2, 0) is 4.79 Å². The Labute approximate surface area is 121 Å². The number of hydrogen-bond acceptors (Lipinski definition) is 5. The van der Waals surface area contributed by atoms with Crippen molar-refractivity contribution in [2.45, 2.75) is 13.0 Å². The van der Waals surface area contributed by atoms with Crippen molar-refractivity contribution in [3.63, 3.8) is 0 Å². The molecular formula is C12H16ClN3O4. The van der Waals surface area contributed by atoms with Gasteiger partial charge in [-0.25, -0.2) is 0 Å². The fourth-order valence-corrected chi connectivity index (χ4v) is 1.73. The average molecular weight is 302 g/mol. The Kier molecular flexibility index (Phi) is 5.87. The van der Waals surface area contributed by atoms with E-state index in [1.54, 1.807) is 18.9 Å². The number of nitro benzene ring substituents is 1. The number of aliphatic hydroxyl groups is 1. The van der Waals surface area contributed by atoms with Crippen LogP contribution in [0.25, 0.3) is 0 Å². The van der Waals surface area contributed by atoms with E-state index in [-0.39, 0.29) is 23.2 Å². The smallest absolute Gasteiger partial charge is 0.271 e. The number of halogens is 1. The molecule has 1 amide bonds. The number of carbonyl (C=O) groups is 1. The summed E-state index contributed by atoms with van der Waals surface area (Å²) in [5.74, 6) is -0.309. The van der Waals surface area contributed by atoms with E-state index in [0.717, 1.165) is 0 Å². The van der Waals surface area contributed by atoms with Crippen molar-refractivity contribution < 1.29 is 14.8 Å². The van der Waals surface area contributed by atoms with E-state index in [1.165, 1.54) is 18.2 Å². The molecule has 1 aromatic carbocycles. The van der Waals surface area contributed by atoms with Crippen LogP contribution in [0.1, 0.15) is 6.92 Å². The minimum Gasteiger partial charge on any atom is -0.395 e. The molecule has 0 radical (unpaired) electrons. The highest BCUT2D eigenvalue weighted by molar-refractivity contribution is 6.34. The number of carbonyl (C=O) groups excluding carboxylic acids is 1. The predicted octanol–water partition coefficient (Wildman–Crippen LogP) is 1.50. The molecule has 2 N–H and O–H groups in total. The molecule has 110 valence electrons. The Bertz CT molecular complexity index is 509. The van der Waals surface area contributed by atoms with Gasteiger partial charge in [-0.15, -0.1) is 0 Å². The van der Waals surface area contributed by atoms with E-state index in [1.807, 2.05) is 0 Å². The van der Waals surface area contributed by atoms with Crippen molar-refractivity contribution >= 4 is 28.9 Å². The van der Waals surface area contributed by atoms with Gasteiger partial charge in [-0.1, -0.05) is 11.6 Å². The molecule has 0 aliphatic carbocycles. The third-order valence-electron chi connectivity index (χ3n) is 2.91. The Morgan fingerprint density at radius 2 is 2.25 bits per heavy atom. The van der Waals surface area contributed by atoms with Crippen LogP contribution in [0.15, 0.2) is 18.2 Å². The summed E-state index contributed by atoms with van der Waals surface area (Å²) in [6, 6.07) is 3.37. The molecule has 0 fully saturated rings. The summed E-state index contributed by atoms with van der Waals surface area (Å²) < 4.78 is 0. The maximum absolute atomic E-state index is 12.0. The second-order valence-corrected chi connectivity index (χ2v) is 4.70.